The number of benzene rings is 1. The lowest BCUT2D eigenvalue weighted by Gasteiger charge is -2.32. The molecule has 2 heterocycles. The normalized spacial score (nSPS) is 15.8. The van der Waals surface area contributed by atoms with Crippen LogP contribution < -0.4 is 5.73 Å². The Kier molecular flexibility index (Phi) is 5.74. The molecular weight excluding hydrogens is 357 g/mol. The van der Waals surface area contributed by atoms with E-state index in [1.165, 1.54) is 17.0 Å². The van der Waals surface area contributed by atoms with Crippen LogP contribution in [0.4, 0.5) is 13.2 Å². The van der Waals surface area contributed by atoms with Crippen LogP contribution in [-0.4, -0.2) is 46.3 Å². The Morgan fingerprint density at radius 2 is 1.85 bits per heavy atom. The Balaban J connectivity index is 1.64. The van der Waals surface area contributed by atoms with Gasteiger partial charge in [-0.15, -0.1) is 0 Å². The number of carbonyl (C=O) groups is 1. The second-order valence-electron chi connectivity index (χ2n) is 6.70. The van der Waals surface area contributed by atoms with Crippen LogP contribution in [0.5, 0.6) is 0 Å². The molecule has 1 aromatic carbocycles. The minimum atomic E-state index is -3.17. The number of piperidine rings is 1. The number of hydrogen-bond donors (Lipinski definition) is 1. The number of aromatic nitrogens is 2. The molecule has 1 amide bonds. The third kappa shape index (κ3) is 4.82. The highest BCUT2D eigenvalue weighted by atomic mass is 19.3. The summed E-state index contributed by atoms with van der Waals surface area (Å²) in [7, 11) is 0. The van der Waals surface area contributed by atoms with Gasteiger partial charge in [0.1, 0.15) is 11.6 Å². The largest absolute Gasteiger partial charge is 0.342 e. The zero-order valence-corrected chi connectivity index (χ0v) is 14.7. The monoisotopic (exact) mass is 378 g/mol. The molecule has 5 nitrogen and oxygen atoms in total. The summed E-state index contributed by atoms with van der Waals surface area (Å²) < 4.78 is 39.7. The van der Waals surface area contributed by atoms with Gasteiger partial charge in [-0.2, -0.15) is 0 Å². The molecule has 0 unspecified atom stereocenters. The van der Waals surface area contributed by atoms with Gasteiger partial charge < -0.3 is 10.6 Å². The second-order valence-corrected chi connectivity index (χ2v) is 6.70. The molecule has 2 N–H and O–H groups in total. The molecule has 3 rings (SSSR count). The van der Waals surface area contributed by atoms with Crippen molar-refractivity contribution < 1.29 is 18.0 Å². The Labute approximate surface area is 155 Å². The van der Waals surface area contributed by atoms with Crippen LogP contribution in [0.2, 0.25) is 0 Å². The molecule has 0 spiro atoms. The highest BCUT2D eigenvalue weighted by molar-refractivity contribution is 5.77. The van der Waals surface area contributed by atoms with Crippen molar-refractivity contribution in [3.63, 3.8) is 0 Å². The van der Waals surface area contributed by atoms with Crippen LogP contribution >= 0.6 is 0 Å². The summed E-state index contributed by atoms with van der Waals surface area (Å²) in [6.45, 7) is -0.0677. The van der Waals surface area contributed by atoms with Crippen molar-refractivity contribution in [2.45, 2.75) is 31.1 Å². The van der Waals surface area contributed by atoms with Gasteiger partial charge in [0.25, 0.3) is 5.92 Å². The van der Waals surface area contributed by atoms with Crippen LogP contribution in [-0.2, 0) is 4.79 Å². The molecule has 0 bridgehead atoms. The van der Waals surface area contributed by atoms with Crippen LogP contribution in [0.3, 0.4) is 0 Å². The molecule has 1 aliphatic rings. The second kappa shape index (κ2) is 8.04. The van der Waals surface area contributed by atoms with E-state index in [1.54, 1.807) is 24.4 Å². The summed E-state index contributed by atoms with van der Waals surface area (Å²) >= 11 is 0. The molecular formula is C19H21F3N4O. The van der Waals surface area contributed by atoms with Crippen LogP contribution in [0, 0.1) is 5.82 Å². The van der Waals surface area contributed by atoms with Crippen molar-refractivity contribution in [2.24, 2.45) is 5.73 Å². The highest BCUT2D eigenvalue weighted by Crippen LogP contribution is 2.28. The molecule has 8 heteroatoms. The van der Waals surface area contributed by atoms with Gasteiger partial charge >= 0.3 is 0 Å². The number of alkyl halides is 2. The lowest BCUT2D eigenvalue weighted by Crippen LogP contribution is -2.42. The summed E-state index contributed by atoms with van der Waals surface area (Å²) in [4.78, 5) is 22.3. The van der Waals surface area contributed by atoms with Crippen LogP contribution in [0.1, 0.15) is 31.0 Å². The SMILES string of the molecule is NCC(F)(F)CC(=O)N1CCC(c2nccc(-c3ccc(F)cc3)n2)CC1. The lowest BCUT2D eigenvalue weighted by atomic mass is 9.95. The first-order valence-electron chi connectivity index (χ1n) is 8.82. The first-order chi connectivity index (χ1) is 12.9. The van der Waals surface area contributed by atoms with Gasteiger partial charge in [0.2, 0.25) is 5.91 Å². The fourth-order valence-corrected chi connectivity index (χ4v) is 3.14. The molecule has 27 heavy (non-hydrogen) atoms. The van der Waals surface area contributed by atoms with E-state index in [2.05, 4.69) is 9.97 Å². The topological polar surface area (TPSA) is 72.1 Å². The van der Waals surface area contributed by atoms with E-state index >= 15 is 0 Å². The summed E-state index contributed by atoms with van der Waals surface area (Å²) in [5.74, 6) is -3.36. The summed E-state index contributed by atoms with van der Waals surface area (Å²) in [6, 6.07) is 7.81. The lowest BCUT2D eigenvalue weighted by molar-refractivity contribution is -0.139. The number of carbonyl (C=O) groups excluding carboxylic acids is 1. The van der Waals surface area contributed by atoms with Gasteiger partial charge in [0.15, 0.2) is 0 Å². The zero-order chi connectivity index (χ0) is 19.4. The average molecular weight is 378 g/mol. The maximum absolute atomic E-state index is 13.3. The van der Waals surface area contributed by atoms with Crippen LogP contribution in [0.15, 0.2) is 36.5 Å². The summed E-state index contributed by atoms with van der Waals surface area (Å²) in [5, 5.41) is 0. The van der Waals surface area contributed by atoms with E-state index in [1.807, 2.05) is 0 Å². The fourth-order valence-electron chi connectivity index (χ4n) is 3.14. The molecule has 144 valence electrons. The van der Waals surface area contributed by atoms with Gasteiger partial charge in [0.05, 0.1) is 18.7 Å². The number of likely N-dealkylation sites (tertiary alicyclic amines) is 1. The van der Waals surface area contributed by atoms with E-state index in [4.69, 9.17) is 5.73 Å². The first-order valence-corrected chi connectivity index (χ1v) is 8.82. The van der Waals surface area contributed by atoms with Gasteiger partial charge in [-0.1, -0.05) is 0 Å². The number of hydrogen-bond acceptors (Lipinski definition) is 4. The first kappa shape index (κ1) is 19.3. The number of rotatable bonds is 5. The molecule has 0 atom stereocenters. The number of nitrogens with two attached hydrogens (primary N) is 1. The zero-order valence-electron chi connectivity index (χ0n) is 14.7. The minimum absolute atomic E-state index is 0.0458. The van der Waals surface area contributed by atoms with Crippen molar-refractivity contribution in [2.75, 3.05) is 19.6 Å². The molecule has 1 aliphatic heterocycles. The quantitative estimate of drug-likeness (QED) is 0.868. The van der Waals surface area contributed by atoms with Gasteiger partial charge in [0, 0.05) is 30.8 Å². The Hall–Kier alpha value is -2.48. The van der Waals surface area contributed by atoms with E-state index < -0.39 is 24.8 Å². The highest BCUT2D eigenvalue weighted by Gasteiger charge is 2.34. The number of amides is 1. The Bertz CT molecular complexity index is 790. The predicted molar refractivity (Wildman–Crippen MR) is 94.6 cm³/mol. The smallest absolute Gasteiger partial charge is 0.268 e. The molecule has 1 aromatic heterocycles. The Morgan fingerprint density at radius 1 is 1.19 bits per heavy atom. The molecule has 0 radical (unpaired) electrons. The standard InChI is InChI=1S/C19H21F3N4O/c20-15-3-1-13(2-4-15)16-5-8-24-18(25-16)14-6-9-26(10-7-14)17(27)11-19(21,22)12-23/h1-5,8,14H,6-7,9-12,23H2. The molecule has 1 fully saturated rings. The van der Waals surface area contributed by atoms with Crippen molar-refractivity contribution in [1.29, 1.82) is 0 Å². The van der Waals surface area contributed by atoms with Gasteiger partial charge in [-0.25, -0.2) is 23.1 Å². The number of nitrogens with zero attached hydrogens (tertiary/aromatic N) is 3. The van der Waals surface area contributed by atoms with Crippen molar-refractivity contribution in [3.8, 4) is 11.3 Å². The summed E-state index contributed by atoms with van der Waals surface area (Å²) in [6.07, 6.45) is 2.00. The van der Waals surface area contributed by atoms with Gasteiger partial charge in [-0.3, -0.25) is 4.79 Å². The summed E-state index contributed by atoms with van der Waals surface area (Å²) in [5.41, 5.74) is 6.48. The molecule has 1 saturated heterocycles. The predicted octanol–water partition coefficient (Wildman–Crippen LogP) is 2.97. The maximum Gasteiger partial charge on any atom is 0.268 e. The minimum Gasteiger partial charge on any atom is -0.342 e. The van der Waals surface area contributed by atoms with E-state index in [9.17, 15) is 18.0 Å². The molecule has 2 aromatic rings. The molecule has 0 aliphatic carbocycles. The van der Waals surface area contributed by atoms with Crippen molar-refractivity contribution in [1.82, 2.24) is 14.9 Å². The van der Waals surface area contributed by atoms with Gasteiger partial charge in [-0.05, 0) is 43.2 Å². The Morgan fingerprint density at radius 3 is 2.48 bits per heavy atom. The number of halogens is 3. The van der Waals surface area contributed by atoms with E-state index in [0.29, 0.717) is 37.4 Å². The van der Waals surface area contributed by atoms with E-state index in [0.717, 1.165) is 5.56 Å². The van der Waals surface area contributed by atoms with Crippen molar-refractivity contribution >= 4 is 5.91 Å². The fraction of sp³-hybridized carbons (Fsp3) is 0.421. The van der Waals surface area contributed by atoms with E-state index in [-0.39, 0.29) is 11.7 Å². The van der Waals surface area contributed by atoms with Crippen LogP contribution in [0.25, 0.3) is 11.3 Å². The third-order valence-corrected chi connectivity index (χ3v) is 4.74. The maximum atomic E-state index is 13.3. The average Bonchev–Trinajstić information content (AvgIpc) is 2.68. The van der Waals surface area contributed by atoms with Crippen molar-refractivity contribution in [3.05, 3.63) is 48.2 Å². The molecule has 0 saturated carbocycles. The third-order valence-electron chi connectivity index (χ3n) is 4.74.